The van der Waals surface area contributed by atoms with Gasteiger partial charge < -0.3 is 20.1 Å². The van der Waals surface area contributed by atoms with E-state index >= 15 is 0 Å². The summed E-state index contributed by atoms with van der Waals surface area (Å²) in [4.78, 5) is 44.0. The molecule has 0 aliphatic carbocycles. The Kier molecular flexibility index (Phi) is 15.2. The fourth-order valence-corrected chi connectivity index (χ4v) is 16.8. The van der Waals surface area contributed by atoms with Crippen molar-refractivity contribution >= 4 is 77.9 Å². The number of ether oxygens (including phenoxy) is 2. The van der Waals surface area contributed by atoms with Crippen molar-refractivity contribution in [3.8, 4) is 56.0 Å². The van der Waals surface area contributed by atoms with Gasteiger partial charge in [0.15, 0.2) is 0 Å². The van der Waals surface area contributed by atoms with E-state index in [0.717, 1.165) is 173 Å². The fourth-order valence-electron chi connectivity index (χ4n) is 16.3. The second-order valence-corrected chi connectivity index (χ2v) is 26.2. The maximum absolute atomic E-state index is 14.7. The molecule has 10 atom stereocenters. The Balaban J connectivity index is 0.699. The van der Waals surface area contributed by atoms with E-state index in [1.165, 1.54) is 11.7 Å². The van der Waals surface area contributed by atoms with Crippen LogP contribution in [0.5, 0.6) is 11.5 Å². The molecule has 18 rings (SSSR count). The van der Waals surface area contributed by atoms with Gasteiger partial charge in [-0.2, -0.15) is 8.75 Å². The van der Waals surface area contributed by atoms with E-state index in [4.69, 9.17) is 28.2 Å². The number of fused-ring (bicyclic) bond motifs is 11. The van der Waals surface area contributed by atoms with Gasteiger partial charge in [-0.25, -0.2) is 0 Å². The zero-order chi connectivity index (χ0) is 62.8. The average Bonchev–Trinajstić information content (AvgIpc) is 1.78. The van der Waals surface area contributed by atoms with Crippen LogP contribution in [-0.4, -0.2) is 92.8 Å². The van der Waals surface area contributed by atoms with Crippen molar-refractivity contribution in [3.63, 3.8) is 0 Å². The van der Waals surface area contributed by atoms with Crippen molar-refractivity contribution in [2.75, 3.05) is 40.4 Å². The van der Waals surface area contributed by atoms with E-state index in [1.807, 2.05) is 73.1 Å². The third-order valence-corrected chi connectivity index (χ3v) is 21.5. The highest BCUT2D eigenvalue weighted by atomic mass is 32.1. The van der Waals surface area contributed by atoms with Gasteiger partial charge in [-0.1, -0.05) is 121 Å². The van der Waals surface area contributed by atoms with E-state index in [9.17, 15) is 9.59 Å². The Morgan fingerprint density at radius 2 is 0.935 bits per heavy atom. The van der Waals surface area contributed by atoms with Crippen LogP contribution in [0.2, 0.25) is 0 Å². The molecule has 12 nitrogen and oxygen atoms in total. The van der Waals surface area contributed by atoms with Crippen LogP contribution in [0.4, 0.5) is 0 Å². The molecule has 13 heteroatoms. The molecule has 2 N–H and O–H groups in total. The van der Waals surface area contributed by atoms with Gasteiger partial charge in [-0.3, -0.25) is 29.4 Å². The van der Waals surface area contributed by atoms with Gasteiger partial charge in [0.1, 0.15) is 22.5 Å². The highest BCUT2D eigenvalue weighted by Gasteiger charge is 2.45. The summed E-state index contributed by atoms with van der Waals surface area (Å²) in [5, 5.41) is 13.4. The second kappa shape index (κ2) is 24.3. The second-order valence-electron chi connectivity index (χ2n) is 25.7. The summed E-state index contributed by atoms with van der Waals surface area (Å²) >= 11 is 1.22. The number of rotatable bonds is 16. The molecule has 6 aliphatic heterocycles. The van der Waals surface area contributed by atoms with Crippen LogP contribution in [-0.2, 0) is 0 Å². The van der Waals surface area contributed by atoms with Crippen LogP contribution in [0.25, 0.3) is 98.9 Å². The lowest BCUT2D eigenvalue weighted by Gasteiger charge is -2.51. The Hall–Kier alpha value is -9.92. The smallest absolute Gasteiger partial charge is 0.251 e. The predicted molar refractivity (Wildman–Crippen MR) is 375 cm³/mol. The lowest BCUT2D eigenvalue weighted by atomic mass is 9.73. The van der Waals surface area contributed by atoms with Crippen LogP contribution in [0.15, 0.2) is 220 Å². The number of nitrogens with one attached hydrogen (secondary N) is 2. The largest absolute Gasteiger partial charge is 0.497 e. The fraction of sp³-hybridized carbons (Fsp3) is 0.225. The van der Waals surface area contributed by atoms with Crippen molar-refractivity contribution < 1.29 is 19.1 Å². The minimum absolute atomic E-state index is 0.108. The molecule has 0 saturated carbocycles. The number of carbonyl (C=O) groups excluding carboxylic acids is 2. The maximum Gasteiger partial charge on any atom is 0.251 e. The number of aromatic nitrogens is 4. The van der Waals surface area contributed by atoms with E-state index in [0.29, 0.717) is 34.8 Å². The molecule has 6 saturated heterocycles. The van der Waals surface area contributed by atoms with Crippen molar-refractivity contribution in [2.24, 2.45) is 23.7 Å². The highest BCUT2D eigenvalue weighted by molar-refractivity contribution is 7.00. The Bertz CT molecular complexity index is 4620. The van der Waals surface area contributed by atoms with Gasteiger partial charge in [0.2, 0.25) is 0 Å². The molecular formula is C80H70N8O4S. The molecule has 0 radical (unpaired) electrons. The molecule has 4 unspecified atom stereocenters. The van der Waals surface area contributed by atoms with E-state index in [-0.39, 0.29) is 36.0 Å². The lowest BCUT2D eigenvalue weighted by molar-refractivity contribution is 0.00170. The van der Waals surface area contributed by atoms with Crippen molar-refractivity contribution in [1.82, 2.24) is 39.1 Å². The summed E-state index contributed by atoms with van der Waals surface area (Å²) in [5.74, 6) is 3.17. The zero-order valence-corrected chi connectivity index (χ0v) is 52.9. The normalized spacial score (nSPS) is 21.4. The van der Waals surface area contributed by atoms with Crippen LogP contribution in [0.1, 0.15) is 69.6 Å². The predicted octanol–water partition coefficient (Wildman–Crippen LogP) is 16.5. The SMILES string of the molecule is C=C[C@H]1CN2CCC1C[C@@H]2[C@@H](NC(=O)c1ccc(-c2cccc3cccc(-c4ccc(-c5cccc6cccc(-c7ccc(C(=O)N[C@@H](c8ccnc9ccc(OC)cc89)[C@H]8CC9CCN8C[C@@H]9C=C)cc7)c56)c5nsnc45)c23)cc1)c1ccnc2ccc(OC)cc12. The summed E-state index contributed by atoms with van der Waals surface area (Å²) in [6.07, 6.45) is 12.1. The molecule has 6 fully saturated rings. The number of hydrogen-bond donors (Lipinski definition) is 2. The van der Waals surface area contributed by atoms with Gasteiger partial charge in [-0.15, -0.1) is 13.2 Å². The first-order valence-electron chi connectivity index (χ1n) is 32.4. The van der Waals surface area contributed by atoms with Crippen molar-refractivity contribution in [3.05, 3.63) is 242 Å². The number of piperidine rings is 6. The molecule has 6 aliphatic rings. The molecule has 3 aromatic heterocycles. The number of amides is 2. The first-order chi connectivity index (χ1) is 45.7. The summed E-state index contributed by atoms with van der Waals surface area (Å²) in [5.41, 5.74) is 14.8. The van der Waals surface area contributed by atoms with Gasteiger partial charge in [-0.05, 0) is 201 Å². The number of carbonyl (C=O) groups is 2. The van der Waals surface area contributed by atoms with Crippen LogP contribution in [0.3, 0.4) is 0 Å². The van der Waals surface area contributed by atoms with Crippen LogP contribution < -0.4 is 20.1 Å². The summed E-state index contributed by atoms with van der Waals surface area (Å²) in [6.45, 7) is 12.2. The van der Waals surface area contributed by atoms with Crippen LogP contribution >= 0.6 is 11.7 Å². The van der Waals surface area contributed by atoms with Gasteiger partial charge in [0, 0.05) is 70.6 Å². The maximum atomic E-state index is 14.7. The number of pyridine rings is 2. The number of benzene rings is 9. The molecule has 4 bridgehead atoms. The number of methoxy groups -OCH3 is 2. The minimum atomic E-state index is -0.285. The standard InChI is InChI=1S/C80H70N8O4S/c1-5-47-45-87-39-35-55(47)41-71(87)75(65-33-37-81-69-31-27-57(91-3)43-67(65)69)83-79(89)53-23-19-49(20-24-53)59-15-7-11-51-13-9-17-61(73(51)59)63-29-30-64(78-77(63)85-93-86-78)62-18-10-14-52-12-8-16-60(74(52)62)50-21-25-54(26-22-50)80(90)84-76(72-42-56-36-40-88(72)46-48(56)6-2)66-34-38-82-70-32-28-58(92-4)44-68(66)70/h5-34,37-38,43-44,47-48,55-56,71-72,75-76H,1-2,35-36,39-42,45-46H2,3-4H3,(H,83,89)(H,84,90)/t47-,48-,55?,56?,71+,72+,75-,76-/m0/s1. The molecule has 460 valence electrons. The summed E-state index contributed by atoms with van der Waals surface area (Å²) in [7, 11) is 3.36. The molecule has 9 heterocycles. The van der Waals surface area contributed by atoms with E-state index < -0.39 is 0 Å². The Morgan fingerprint density at radius 1 is 0.516 bits per heavy atom. The third kappa shape index (κ3) is 10.4. The molecule has 12 aromatic rings. The zero-order valence-electron chi connectivity index (χ0n) is 52.0. The quantitative estimate of drug-likeness (QED) is 0.0901. The van der Waals surface area contributed by atoms with Gasteiger partial charge in [0.25, 0.3) is 11.8 Å². The molecule has 9 aromatic carbocycles. The molecule has 2 amide bonds. The molecule has 0 spiro atoms. The number of hydrogen-bond acceptors (Lipinski definition) is 11. The molecular weight excluding hydrogens is 1170 g/mol. The summed E-state index contributed by atoms with van der Waals surface area (Å²) in [6, 6.07) is 62.0. The van der Waals surface area contributed by atoms with Crippen molar-refractivity contribution in [2.45, 2.75) is 49.9 Å². The summed E-state index contributed by atoms with van der Waals surface area (Å²) < 4.78 is 21.5. The first-order valence-corrected chi connectivity index (χ1v) is 33.2. The van der Waals surface area contributed by atoms with E-state index in [2.05, 4.69) is 167 Å². The third-order valence-electron chi connectivity index (χ3n) is 21.0. The lowest BCUT2D eigenvalue weighted by Crippen LogP contribution is -2.57. The number of nitrogens with zero attached hydrogens (tertiary/aromatic N) is 6. The average molecular weight is 1240 g/mol. The van der Waals surface area contributed by atoms with Crippen LogP contribution in [0, 0.1) is 23.7 Å². The Labute approximate surface area is 545 Å². The van der Waals surface area contributed by atoms with Crippen molar-refractivity contribution in [1.29, 1.82) is 0 Å². The van der Waals surface area contributed by atoms with Gasteiger partial charge in [0.05, 0.1) is 49.1 Å². The topological polar surface area (TPSA) is 135 Å². The van der Waals surface area contributed by atoms with Gasteiger partial charge >= 0.3 is 0 Å². The molecule has 93 heavy (non-hydrogen) atoms. The van der Waals surface area contributed by atoms with E-state index in [1.54, 1.807) is 14.2 Å². The minimum Gasteiger partial charge on any atom is -0.497 e. The highest BCUT2D eigenvalue weighted by Crippen LogP contribution is 2.47. The Morgan fingerprint density at radius 3 is 1.32 bits per heavy atom. The monoisotopic (exact) mass is 1240 g/mol. The first kappa shape index (κ1) is 58.2.